The lowest BCUT2D eigenvalue weighted by atomic mass is 10.3. The van der Waals surface area contributed by atoms with Crippen molar-refractivity contribution in [2.24, 2.45) is 5.84 Å². The van der Waals surface area contributed by atoms with Crippen LogP contribution in [0.4, 0.5) is 0 Å². The zero-order valence-electron chi connectivity index (χ0n) is 6.13. The fraction of sp³-hybridized carbons (Fsp3) is 0.833. The number of nitrogens with zero attached hydrogens (tertiary/aromatic N) is 1. The summed E-state index contributed by atoms with van der Waals surface area (Å²) in [6.07, 6.45) is 2.09. The molecular weight excluding hydrogens is 130 g/mol. The first kappa shape index (κ1) is 7.50. The zero-order chi connectivity index (χ0) is 7.56. The molecule has 0 aromatic carbocycles. The van der Waals surface area contributed by atoms with Crippen LogP contribution in [0.15, 0.2) is 0 Å². The van der Waals surface area contributed by atoms with Crippen molar-refractivity contribution in [2.75, 3.05) is 6.54 Å². The van der Waals surface area contributed by atoms with Crippen LogP contribution in [0, 0.1) is 0 Å². The number of hydrazine groups is 1. The summed E-state index contributed by atoms with van der Waals surface area (Å²) in [5.41, 5.74) is 2.60. The number of amides is 1. The molecule has 0 saturated carbocycles. The van der Waals surface area contributed by atoms with Crippen molar-refractivity contribution in [1.82, 2.24) is 10.3 Å². The van der Waals surface area contributed by atoms with Gasteiger partial charge in [-0.05, 0) is 12.8 Å². The number of nitrogens with one attached hydrogen (secondary N) is 1. The summed E-state index contributed by atoms with van der Waals surface area (Å²) < 4.78 is 0. The quantitative estimate of drug-likeness (QED) is 0.381. The Hall–Kier alpha value is -0.610. The minimum atomic E-state index is 0.0671. The SMILES string of the molecule is CC(=O)N1CCCC1NN. The number of rotatable bonds is 1. The fourth-order valence-electron chi connectivity index (χ4n) is 1.32. The highest BCUT2D eigenvalue weighted by Crippen LogP contribution is 2.13. The van der Waals surface area contributed by atoms with Crippen molar-refractivity contribution in [1.29, 1.82) is 0 Å². The van der Waals surface area contributed by atoms with Crippen LogP contribution in [0.2, 0.25) is 0 Å². The summed E-state index contributed by atoms with van der Waals surface area (Å²) in [7, 11) is 0. The Morgan fingerprint density at radius 3 is 2.90 bits per heavy atom. The second-order valence-corrected chi connectivity index (χ2v) is 2.54. The standard InChI is InChI=1S/C6H13N3O/c1-5(10)9-4-2-3-6(9)8-7/h6,8H,2-4,7H2,1H3. The van der Waals surface area contributed by atoms with Gasteiger partial charge in [-0.15, -0.1) is 0 Å². The van der Waals surface area contributed by atoms with Crippen LogP contribution in [0.5, 0.6) is 0 Å². The molecule has 3 N–H and O–H groups in total. The van der Waals surface area contributed by atoms with Crippen molar-refractivity contribution >= 4 is 5.91 Å². The van der Waals surface area contributed by atoms with Crippen molar-refractivity contribution < 1.29 is 4.79 Å². The molecule has 0 aromatic heterocycles. The van der Waals surface area contributed by atoms with Gasteiger partial charge in [0.15, 0.2) is 0 Å². The molecule has 0 aliphatic carbocycles. The molecule has 1 saturated heterocycles. The molecule has 1 unspecified atom stereocenters. The summed E-state index contributed by atoms with van der Waals surface area (Å²) in [6.45, 7) is 2.40. The third kappa shape index (κ3) is 1.27. The summed E-state index contributed by atoms with van der Waals surface area (Å²) in [5, 5.41) is 0. The van der Waals surface area contributed by atoms with Crippen LogP contribution >= 0.6 is 0 Å². The number of likely N-dealkylation sites (tertiary alicyclic amines) is 1. The van der Waals surface area contributed by atoms with Gasteiger partial charge < -0.3 is 4.90 Å². The van der Waals surface area contributed by atoms with Gasteiger partial charge in [-0.3, -0.25) is 10.6 Å². The minimum absolute atomic E-state index is 0.0671. The van der Waals surface area contributed by atoms with Crippen LogP contribution in [0.1, 0.15) is 19.8 Å². The van der Waals surface area contributed by atoms with Crippen molar-refractivity contribution in [3.05, 3.63) is 0 Å². The van der Waals surface area contributed by atoms with Crippen LogP contribution in [0.3, 0.4) is 0 Å². The lowest BCUT2D eigenvalue weighted by Gasteiger charge is -2.21. The number of nitrogens with two attached hydrogens (primary N) is 1. The van der Waals surface area contributed by atoms with Crippen molar-refractivity contribution in [3.8, 4) is 0 Å². The Labute approximate surface area is 60.3 Å². The van der Waals surface area contributed by atoms with Crippen molar-refractivity contribution in [2.45, 2.75) is 25.9 Å². The van der Waals surface area contributed by atoms with Gasteiger partial charge in [-0.25, -0.2) is 5.43 Å². The van der Waals surface area contributed by atoms with Crippen LogP contribution in [0.25, 0.3) is 0 Å². The summed E-state index contributed by atoms with van der Waals surface area (Å²) in [6, 6.07) is 0. The topological polar surface area (TPSA) is 58.4 Å². The number of hydrogen-bond acceptors (Lipinski definition) is 3. The highest BCUT2D eigenvalue weighted by atomic mass is 16.2. The van der Waals surface area contributed by atoms with E-state index < -0.39 is 0 Å². The fourth-order valence-corrected chi connectivity index (χ4v) is 1.32. The smallest absolute Gasteiger partial charge is 0.220 e. The molecular formula is C6H13N3O. The van der Waals surface area contributed by atoms with Gasteiger partial charge in [0.25, 0.3) is 0 Å². The molecule has 1 aliphatic rings. The molecule has 1 fully saturated rings. The summed E-state index contributed by atoms with van der Waals surface area (Å²) >= 11 is 0. The van der Waals surface area contributed by atoms with E-state index in [1.54, 1.807) is 11.8 Å². The first-order chi connectivity index (χ1) is 4.75. The number of hydrogen-bond donors (Lipinski definition) is 2. The van der Waals surface area contributed by atoms with E-state index in [0.717, 1.165) is 19.4 Å². The highest BCUT2D eigenvalue weighted by molar-refractivity contribution is 5.73. The highest BCUT2D eigenvalue weighted by Gasteiger charge is 2.24. The number of carbonyl (C=O) groups excluding carboxylic acids is 1. The van der Waals surface area contributed by atoms with Gasteiger partial charge in [0.1, 0.15) is 0 Å². The Morgan fingerprint density at radius 1 is 1.80 bits per heavy atom. The second kappa shape index (κ2) is 2.98. The molecule has 0 radical (unpaired) electrons. The third-order valence-corrected chi connectivity index (χ3v) is 1.85. The van der Waals surface area contributed by atoms with Gasteiger partial charge in [-0.1, -0.05) is 0 Å². The Balaban J connectivity index is 2.50. The Morgan fingerprint density at radius 2 is 2.50 bits per heavy atom. The maximum atomic E-state index is 10.8. The van der Waals surface area contributed by atoms with Gasteiger partial charge >= 0.3 is 0 Å². The normalized spacial score (nSPS) is 25.4. The molecule has 4 heteroatoms. The maximum absolute atomic E-state index is 10.8. The molecule has 58 valence electrons. The molecule has 1 aliphatic heterocycles. The average Bonchev–Trinajstić information content (AvgIpc) is 2.33. The lowest BCUT2D eigenvalue weighted by Crippen LogP contribution is -2.46. The van der Waals surface area contributed by atoms with E-state index in [1.807, 2.05) is 0 Å². The van der Waals surface area contributed by atoms with Crippen LogP contribution in [-0.4, -0.2) is 23.5 Å². The molecule has 1 rings (SSSR count). The first-order valence-electron chi connectivity index (χ1n) is 3.49. The first-order valence-corrected chi connectivity index (χ1v) is 3.49. The second-order valence-electron chi connectivity index (χ2n) is 2.54. The van der Waals surface area contributed by atoms with E-state index in [4.69, 9.17) is 5.84 Å². The van der Waals surface area contributed by atoms with Crippen LogP contribution < -0.4 is 11.3 Å². The summed E-state index contributed by atoms with van der Waals surface area (Å²) in [4.78, 5) is 12.6. The molecule has 4 nitrogen and oxygen atoms in total. The Kier molecular flexibility index (Phi) is 2.24. The lowest BCUT2D eigenvalue weighted by molar-refractivity contribution is -0.130. The minimum Gasteiger partial charge on any atom is -0.326 e. The Bertz CT molecular complexity index is 137. The molecule has 1 atom stereocenters. The molecule has 10 heavy (non-hydrogen) atoms. The van der Waals surface area contributed by atoms with E-state index in [9.17, 15) is 4.79 Å². The maximum Gasteiger partial charge on any atom is 0.220 e. The predicted octanol–water partition coefficient (Wildman–Crippen LogP) is -0.582. The molecule has 0 aromatic rings. The molecule has 0 spiro atoms. The molecule has 1 heterocycles. The zero-order valence-corrected chi connectivity index (χ0v) is 6.13. The van der Waals surface area contributed by atoms with E-state index in [2.05, 4.69) is 5.43 Å². The monoisotopic (exact) mass is 143 g/mol. The van der Waals surface area contributed by atoms with E-state index in [-0.39, 0.29) is 12.1 Å². The van der Waals surface area contributed by atoms with E-state index >= 15 is 0 Å². The van der Waals surface area contributed by atoms with E-state index in [1.165, 1.54) is 0 Å². The summed E-state index contributed by atoms with van der Waals surface area (Å²) in [5.74, 6) is 5.32. The van der Waals surface area contributed by atoms with Gasteiger partial charge in [0.2, 0.25) is 5.91 Å². The van der Waals surface area contributed by atoms with Gasteiger partial charge in [-0.2, -0.15) is 0 Å². The third-order valence-electron chi connectivity index (χ3n) is 1.85. The van der Waals surface area contributed by atoms with Crippen LogP contribution in [-0.2, 0) is 4.79 Å². The molecule has 1 amide bonds. The number of carbonyl (C=O) groups is 1. The molecule has 0 bridgehead atoms. The average molecular weight is 143 g/mol. The largest absolute Gasteiger partial charge is 0.326 e. The van der Waals surface area contributed by atoms with Gasteiger partial charge in [0.05, 0.1) is 6.17 Å². The van der Waals surface area contributed by atoms with E-state index in [0.29, 0.717) is 0 Å². The van der Waals surface area contributed by atoms with Gasteiger partial charge in [0, 0.05) is 13.5 Å². The predicted molar refractivity (Wildman–Crippen MR) is 37.7 cm³/mol. The van der Waals surface area contributed by atoms with Crippen molar-refractivity contribution in [3.63, 3.8) is 0 Å².